The van der Waals surface area contributed by atoms with Crippen LogP contribution in [0.2, 0.25) is 0 Å². The van der Waals surface area contributed by atoms with Crippen LogP contribution in [0, 0.1) is 6.92 Å². The fraction of sp³-hybridized carbons (Fsp3) is 0.350. The fourth-order valence-electron chi connectivity index (χ4n) is 3.01. The summed E-state index contributed by atoms with van der Waals surface area (Å²) < 4.78 is 1.47. The summed E-state index contributed by atoms with van der Waals surface area (Å²) in [6, 6.07) is 9.03. The Bertz CT molecular complexity index is 913. The van der Waals surface area contributed by atoms with Crippen LogP contribution in [-0.4, -0.2) is 29.5 Å². The zero-order chi connectivity index (χ0) is 18.8. The molecule has 136 valence electrons. The van der Waals surface area contributed by atoms with Gasteiger partial charge in [0.1, 0.15) is 5.56 Å². The standard InChI is InChI=1S/C20H23N3O3/c1-12-6-4-5-7-16(12)13(2)23-11-14(18(24)22-15-8-9-15)10-17(20(23)26)19(25)21-3/h4-7,10-11,13,15H,8-9H2,1-3H3,(H,21,25)(H,22,24). The highest BCUT2D eigenvalue weighted by atomic mass is 16.2. The Kier molecular flexibility index (Phi) is 4.93. The summed E-state index contributed by atoms with van der Waals surface area (Å²) >= 11 is 0. The molecule has 26 heavy (non-hydrogen) atoms. The molecule has 1 atom stereocenters. The molecule has 1 aromatic heterocycles. The van der Waals surface area contributed by atoms with Crippen LogP contribution in [0.25, 0.3) is 0 Å². The van der Waals surface area contributed by atoms with Gasteiger partial charge in [0.05, 0.1) is 11.6 Å². The van der Waals surface area contributed by atoms with Gasteiger partial charge in [0.25, 0.3) is 17.4 Å². The van der Waals surface area contributed by atoms with Crippen LogP contribution in [0.4, 0.5) is 0 Å². The first-order chi connectivity index (χ1) is 12.4. The number of benzene rings is 1. The maximum absolute atomic E-state index is 12.9. The Balaban J connectivity index is 2.10. The molecule has 0 saturated heterocycles. The Hall–Kier alpha value is -2.89. The summed E-state index contributed by atoms with van der Waals surface area (Å²) in [7, 11) is 1.47. The third kappa shape index (κ3) is 3.54. The van der Waals surface area contributed by atoms with Crippen molar-refractivity contribution in [2.75, 3.05) is 7.05 Å². The molecule has 0 bridgehead atoms. The van der Waals surface area contributed by atoms with Crippen LogP contribution in [0.1, 0.15) is 57.7 Å². The molecule has 1 heterocycles. The Morgan fingerprint density at radius 1 is 1.19 bits per heavy atom. The quantitative estimate of drug-likeness (QED) is 0.863. The van der Waals surface area contributed by atoms with Crippen LogP contribution >= 0.6 is 0 Å². The second-order valence-corrected chi connectivity index (χ2v) is 6.71. The lowest BCUT2D eigenvalue weighted by Gasteiger charge is -2.20. The molecule has 2 N–H and O–H groups in total. The van der Waals surface area contributed by atoms with Gasteiger partial charge in [-0.1, -0.05) is 24.3 Å². The van der Waals surface area contributed by atoms with E-state index in [4.69, 9.17) is 0 Å². The molecule has 2 aromatic rings. The first-order valence-electron chi connectivity index (χ1n) is 8.77. The van der Waals surface area contributed by atoms with Gasteiger partial charge in [-0.25, -0.2) is 0 Å². The molecule has 0 radical (unpaired) electrons. The number of amides is 2. The molecule has 1 saturated carbocycles. The van der Waals surface area contributed by atoms with Crippen LogP contribution < -0.4 is 16.2 Å². The molecule has 6 nitrogen and oxygen atoms in total. The van der Waals surface area contributed by atoms with Crippen molar-refractivity contribution in [1.29, 1.82) is 0 Å². The summed E-state index contributed by atoms with van der Waals surface area (Å²) in [5, 5.41) is 5.38. The van der Waals surface area contributed by atoms with E-state index in [9.17, 15) is 14.4 Å². The maximum Gasteiger partial charge on any atom is 0.264 e. The Labute approximate surface area is 152 Å². The predicted molar refractivity (Wildman–Crippen MR) is 99.6 cm³/mol. The van der Waals surface area contributed by atoms with Crippen molar-refractivity contribution in [3.8, 4) is 0 Å². The van der Waals surface area contributed by atoms with E-state index in [1.807, 2.05) is 38.1 Å². The number of hydrogen-bond acceptors (Lipinski definition) is 3. The molecule has 2 amide bonds. The molecule has 6 heteroatoms. The van der Waals surface area contributed by atoms with Crippen molar-refractivity contribution in [2.45, 2.75) is 38.8 Å². The number of nitrogens with zero attached hydrogens (tertiary/aromatic N) is 1. The molecular weight excluding hydrogens is 330 g/mol. The molecule has 3 rings (SSSR count). The van der Waals surface area contributed by atoms with E-state index in [1.54, 1.807) is 6.20 Å². The highest BCUT2D eigenvalue weighted by Gasteiger charge is 2.26. The smallest absolute Gasteiger partial charge is 0.264 e. The van der Waals surface area contributed by atoms with Gasteiger partial charge in [-0.05, 0) is 43.9 Å². The summed E-state index contributed by atoms with van der Waals surface area (Å²) in [6.07, 6.45) is 3.48. The summed E-state index contributed by atoms with van der Waals surface area (Å²) in [4.78, 5) is 37.5. The van der Waals surface area contributed by atoms with Gasteiger partial charge in [-0.2, -0.15) is 0 Å². The van der Waals surface area contributed by atoms with E-state index in [0.717, 1.165) is 24.0 Å². The summed E-state index contributed by atoms with van der Waals surface area (Å²) in [5.74, 6) is -0.759. The van der Waals surface area contributed by atoms with E-state index in [-0.39, 0.29) is 23.6 Å². The number of carbonyl (C=O) groups excluding carboxylic acids is 2. The molecule has 1 fully saturated rings. The van der Waals surface area contributed by atoms with Crippen LogP contribution in [0.15, 0.2) is 41.3 Å². The molecule has 1 unspecified atom stereocenters. The van der Waals surface area contributed by atoms with Gasteiger partial charge in [0.2, 0.25) is 0 Å². The maximum atomic E-state index is 12.9. The Morgan fingerprint density at radius 2 is 1.88 bits per heavy atom. The topological polar surface area (TPSA) is 80.2 Å². The monoisotopic (exact) mass is 353 g/mol. The number of aromatic nitrogens is 1. The Morgan fingerprint density at radius 3 is 2.50 bits per heavy atom. The fourth-order valence-corrected chi connectivity index (χ4v) is 3.01. The molecular formula is C20H23N3O3. The van der Waals surface area contributed by atoms with Crippen molar-refractivity contribution in [2.24, 2.45) is 0 Å². The highest BCUT2D eigenvalue weighted by Crippen LogP contribution is 2.22. The average molecular weight is 353 g/mol. The first-order valence-corrected chi connectivity index (χ1v) is 8.77. The third-order valence-corrected chi connectivity index (χ3v) is 4.75. The number of aryl methyl sites for hydroxylation is 1. The average Bonchev–Trinajstić information content (AvgIpc) is 3.45. The van der Waals surface area contributed by atoms with Crippen LogP contribution in [-0.2, 0) is 0 Å². The van der Waals surface area contributed by atoms with E-state index < -0.39 is 11.5 Å². The lowest BCUT2D eigenvalue weighted by atomic mass is 10.0. The van der Waals surface area contributed by atoms with Crippen molar-refractivity contribution in [1.82, 2.24) is 15.2 Å². The van der Waals surface area contributed by atoms with Gasteiger partial charge in [0.15, 0.2) is 0 Å². The number of hydrogen-bond donors (Lipinski definition) is 2. The number of carbonyl (C=O) groups is 2. The van der Waals surface area contributed by atoms with Gasteiger partial charge in [-0.3, -0.25) is 14.4 Å². The van der Waals surface area contributed by atoms with E-state index in [0.29, 0.717) is 5.56 Å². The van der Waals surface area contributed by atoms with E-state index in [2.05, 4.69) is 10.6 Å². The molecule has 1 aromatic carbocycles. The summed E-state index contributed by atoms with van der Waals surface area (Å²) in [6.45, 7) is 3.86. The van der Waals surface area contributed by atoms with Gasteiger partial charge in [0, 0.05) is 19.3 Å². The SMILES string of the molecule is CNC(=O)c1cc(C(=O)NC2CC2)cn(C(C)c2ccccc2C)c1=O. The lowest BCUT2D eigenvalue weighted by molar-refractivity contribution is 0.0950. The van der Waals surface area contributed by atoms with Gasteiger partial charge < -0.3 is 15.2 Å². The minimum Gasteiger partial charge on any atom is -0.355 e. The minimum absolute atomic E-state index is 0.0311. The second-order valence-electron chi connectivity index (χ2n) is 6.71. The normalized spacial score (nSPS) is 14.6. The number of nitrogens with one attached hydrogen (secondary N) is 2. The van der Waals surface area contributed by atoms with Crippen molar-refractivity contribution in [3.05, 3.63) is 69.1 Å². The molecule has 0 spiro atoms. The van der Waals surface area contributed by atoms with Crippen molar-refractivity contribution >= 4 is 11.8 Å². The number of rotatable bonds is 5. The van der Waals surface area contributed by atoms with Gasteiger partial charge in [-0.15, -0.1) is 0 Å². The van der Waals surface area contributed by atoms with E-state index in [1.165, 1.54) is 17.7 Å². The zero-order valence-electron chi connectivity index (χ0n) is 15.2. The predicted octanol–water partition coefficient (Wildman–Crippen LogP) is 2.02. The first kappa shape index (κ1) is 17.9. The molecule has 1 aliphatic rings. The van der Waals surface area contributed by atoms with Crippen molar-refractivity contribution < 1.29 is 9.59 Å². The third-order valence-electron chi connectivity index (χ3n) is 4.75. The molecule has 1 aliphatic carbocycles. The van der Waals surface area contributed by atoms with Crippen molar-refractivity contribution in [3.63, 3.8) is 0 Å². The highest BCUT2D eigenvalue weighted by molar-refractivity contribution is 5.99. The minimum atomic E-state index is -0.498. The lowest BCUT2D eigenvalue weighted by Crippen LogP contribution is -2.35. The molecule has 0 aliphatic heterocycles. The largest absolute Gasteiger partial charge is 0.355 e. The van der Waals surface area contributed by atoms with Gasteiger partial charge >= 0.3 is 0 Å². The zero-order valence-corrected chi connectivity index (χ0v) is 15.2. The number of pyridine rings is 1. The second kappa shape index (κ2) is 7.15. The van der Waals surface area contributed by atoms with Crippen LogP contribution in [0.3, 0.4) is 0 Å². The van der Waals surface area contributed by atoms with E-state index >= 15 is 0 Å². The summed E-state index contributed by atoms with van der Waals surface area (Å²) in [5.41, 5.74) is 1.88. The van der Waals surface area contributed by atoms with Crippen LogP contribution in [0.5, 0.6) is 0 Å².